The molecule has 3 fully saturated rings. The first-order valence-electron chi connectivity index (χ1n) is 40.5. The van der Waals surface area contributed by atoms with Gasteiger partial charge >= 0.3 is 5.97 Å². The van der Waals surface area contributed by atoms with Crippen molar-refractivity contribution in [3.63, 3.8) is 0 Å². The Morgan fingerprint density at radius 1 is 0.330 bits per heavy atom. The molecule has 40 nitrogen and oxygen atoms in total. The molecule has 0 saturated carbocycles. The number of rotatable bonds is 67. The number of carbonyl (C=O) groups is 11. The van der Waals surface area contributed by atoms with E-state index in [1.807, 2.05) is 0 Å². The predicted molar refractivity (Wildman–Crippen MR) is 408 cm³/mol. The standard InChI is InChI=1S/C75H134N10O30/c1-49(89)82-63-69(104)66(101)54(43-86)113-72(63)110-35-15-12-21-52(92)41-76-29-18-31-79-58(95)26-38-107-46-75(85-61(98)24-10-8-6-4-5-7-9-11-25-62(99)100,48-109-40-28-60(97)81-34-20-33-78-57(94)23-14-17-37-112-74-65(84-51(3)91)71(106)68(103)56(45-88)115-74)47-108-39-27-59(96)80-32-19-30-77-42-53(93)22-13-16-36-111-73-64(83-50(2)90)70(105)67(102)55(44-87)114-73/h54-56,63-74,76-77,86-88,101-106H,4-48H2,1-3H3,(H,78,94)(H,79,95)(H,80,96)(H,81,97)(H,82,89)(H,83,90)(H,84,91)(H,85,98)(H,99,100)/t54?,55?,56?,63?,64?,65?,66-,67-,68-,69?,70?,71?,72-,73-,74-,75?/m1/s1. The number of Topliss-reactive ketones (excluding diaryl/α,β-unsaturated/α-hetero) is 2. The van der Waals surface area contributed by atoms with E-state index in [0.29, 0.717) is 83.7 Å². The Labute approximate surface area is 672 Å². The molecule has 9 unspecified atom stereocenters. The fourth-order valence-corrected chi connectivity index (χ4v) is 12.6. The number of amides is 8. The number of nitrogens with one attached hydrogen (secondary N) is 10. The summed E-state index contributed by atoms with van der Waals surface area (Å²) in [5.74, 6) is -4.09. The minimum Gasteiger partial charge on any atom is -0.481 e. The lowest BCUT2D eigenvalue weighted by atomic mass is 9.97. The van der Waals surface area contributed by atoms with E-state index in [0.717, 1.165) is 38.5 Å². The van der Waals surface area contributed by atoms with Gasteiger partial charge < -0.3 is 147 Å². The third-order valence-electron chi connectivity index (χ3n) is 18.9. The molecule has 8 amide bonds. The fraction of sp³-hybridized carbons (Fsp3) is 0.853. The molecule has 3 saturated heterocycles. The molecule has 0 aromatic rings. The molecule has 40 heteroatoms. The zero-order valence-electron chi connectivity index (χ0n) is 67.1. The number of ketones is 2. The number of carbonyl (C=O) groups excluding carboxylic acids is 10. The second kappa shape index (κ2) is 61.1. The van der Waals surface area contributed by atoms with Crippen molar-refractivity contribution in [3.05, 3.63) is 0 Å². The van der Waals surface area contributed by atoms with Gasteiger partial charge in [0, 0.05) is 118 Å². The summed E-state index contributed by atoms with van der Waals surface area (Å²) in [4.78, 5) is 137. The van der Waals surface area contributed by atoms with E-state index in [1.165, 1.54) is 20.8 Å². The van der Waals surface area contributed by atoms with Gasteiger partial charge in [0.2, 0.25) is 47.3 Å². The Kier molecular flexibility index (Phi) is 54.7. The van der Waals surface area contributed by atoms with Crippen molar-refractivity contribution in [3.8, 4) is 0 Å². The number of ether oxygens (including phenoxy) is 9. The Morgan fingerprint density at radius 2 is 0.617 bits per heavy atom. The van der Waals surface area contributed by atoms with Crippen LogP contribution in [0.2, 0.25) is 0 Å². The normalized spacial score (nSPS) is 23.9. The Balaban J connectivity index is 1.54. The number of unbranched alkanes of at least 4 members (excludes halogenated alkanes) is 10. The first kappa shape index (κ1) is 103. The van der Waals surface area contributed by atoms with Gasteiger partial charge in [-0.3, -0.25) is 52.7 Å². The molecule has 115 heavy (non-hydrogen) atoms. The Hall–Kier alpha value is -6.23. The summed E-state index contributed by atoms with van der Waals surface area (Å²) in [5.41, 5.74) is -1.40. The van der Waals surface area contributed by atoms with Crippen LogP contribution in [-0.4, -0.2) is 345 Å². The van der Waals surface area contributed by atoms with Crippen LogP contribution in [0.5, 0.6) is 0 Å². The maximum atomic E-state index is 13.9. The van der Waals surface area contributed by atoms with Crippen LogP contribution in [0.15, 0.2) is 0 Å². The lowest BCUT2D eigenvalue weighted by Crippen LogP contribution is -2.64. The van der Waals surface area contributed by atoms with E-state index in [-0.39, 0.29) is 191 Å². The van der Waals surface area contributed by atoms with E-state index < -0.39 is 141 Å². The van der Waals surface area contributed by atoms with Crippen molar-refractivity contribution in [2.75, 3.05) is 132 Å². The number of aliphatic hydroxyl groups is 9. The first-order valence-corrected chi connectivity index (χ1v) is 40.5. The third kappa shape index (κ3) is 45.0. The molecule has 0 aromatic heterocycles. The molecule has 3 heterocycles. The summed E-state index contributed by atoms with van der Waals surface area (Å²) < 4.78 is 52.1. The van der Waals surface area contributed by atoms with Crippen LogP contribution in [0.3, 0.4) is 0 Å². The van der Waals surface area contributed by atoms with Crippen molar-refractivity contribution >= 4 is 64.8 Å². The van der Waals surface area contributed by atoms with Crippen LogP contribution >= 0.6 is 0 Å². The first-order chi connectivity index (χ1) is 55.1. The summed E-state index contributed by atoms with van der Waals surface area (Å²) in [6.07, 6.45) is -4.78. The average molecular weight is 1660 g/mol. The molecule has 0 radical (unpaired) electrons. The van der Waals surface area contributed by atoms with Crippen LogP contribution in [-0.2, 0) is 95.4 Å². The van der Waals surface area contributed by atoms with Crippen molar-refractivity contribution in [1.82, 2.24) is 53.2 Å². The van der Waals surface area contributed by atoms with Crippen LogP contribution in [0, 0.1) is 0 Å². The minimum absolute atomic E-state index is 0.0691. The van der Waals surface area contributed by atoms with E-state index >= 15 is 0 Å². The summed E-state index contributed by atoms with van der Waals surface area (Å²) >= 11 is 0. The van der Waals surface area contributed by atoms with E-state index in [9.17, 15) is 98.7 Å². The molecule has 20 N–H and O–H groups in total. The van der Waals surface area contributed by atoms with Gasteiger partial charge in [-0.1, -0.05) is 38.5 Å². The van der Waals surface area contributed by atoms with Gasteiger partial charge in [0.1, 0.15) is 90.2 Å². The molecule has 0 aliphatic carbocycles. The summed E-state index contributed by atoms with van der Waals surface area (Å²) in [7, 11) is 0. The third-order valence-corrected chi connectivity index (χ3v) is 18.9. The van der Waals surface area contributed by atoms with Gasteiger partial charge in [-0.2, -0.15) is 0 Å². The average Bonchev–Trinajstić information content (AvgIpc) is 0.813. The summed E-state index contributed by atoms with van der Waals surface area (Å²) in [5, 5.41) is 128. The molecule has 0 bridgehead atoms. The van der Waals surface area contributed by atoms with Crippen LogP contribution in [0.4, 0.5) is 0 Å². The summed E-state index contributed by atoms with van der Waals surface area (Å²) in [6.45, 7) is 3.16. The monoisotopic (exact) mass is 1650 g/mol. The van der Waals surface area contributed by atoms with Crippen LogP contribution in [0.1, 0.15) is 181 Å². The van der Waals surface area contributed by atoms with Crippen LogP contribution < -0.4 is 53.2 Å². The zero-order chi connectivity index (χ0) is 84.8. The van der Waals surface area contributed by atoms with Crippen LogP contribution in [0.25, 0.3) is 0 Å². The number of aliphatic carboxylic acids is 1. The highest BCUT2D eigenvalue weighted by molar-refractivity contribution is 5.81. The second-order valence-corrected chi connectivity index (χ2v) is 29.1. The van der Waals surface area contributed by atoms with Crippen molar-refractivity contribution in [2.45, 2.75) is 279 Å². The second-order valence-electron chi connectivity index (χ2n) is 29.1. The molecule has 664 valence electrons. The van der Waals surface area contributed by atoms with Crippen molar-refractivity contribution in [1.29, 1.82) is 0 Å². The number of carboxylic acids is 1. The fourth-order valence-electron chi connectivity index (χ4n) is 12.6. The number of aliphatic hydroxyl groups excluding tert-OH is 9. The van der Waals surface area contributed by atoms with E-state index in [1.54, 1.807) is 0 Å². The molecular formula is C75H134N10O30. The zero-order valence-corrected chi connectivity index (χ0v) is 67.1. The highest BCUT2D eigenvalue weighted by Gasteiger charge is 2.48. The SMILES string of the molecule is CC(=O)NC1C(O)[C@H](O)C(CO)O[C@H]1OCCCCC(=O)CNCCCNC(=O)CCOCC(COCCC(=O)NCCCNCC(=O)CCCCO[C@@H]1OC(CO)[C@@H](O)C(O)C1NC(C)=O)(COCCC(=O)NCCCNC(=O)CCCCO[C@@H]1OC(CO)[C@@H](O)C(O)C1NC(C)=O)NC(=O)CCCCCCCCCCC(=O)O. The summed E-state index contributed by atoms with van der Waals surface area (Å²) in [6, 6.07) is -3.26. The minimum atomic E-state index is -1.46. The topological polar surface area (TPSA) is 593 Å². The molecule has 0 spiro atoms. The molecule has 0 aromatic carbocycles. The molecule has 3 aliphatic rings. The highest BCUT2D eigenvalue weighted by atomic mass is 16.7. The van der Waals surface area contributed by atoms with Crippen molar-refractivity contribution in [2.24, 2.45) is 0 Å². The lowest BCUT2D eigenvalue weighted by Gasteiger charge is -2.42. The molecule has 3 aliphatic heterocycles. The van der Waals surface area contributed by atoms with Gasteiger partial charge in [-0.15, -0.1) is 0 Å². The van der Waals surface area contributed by atoms with Gasteiger partial charge in [0.05, 0.1) is 72.6 Å². The number of carboxylic acid groups (broad SMARTS) is 1. The smallest absolute Gasteiger partial charge is 0.303 e. The molecular weight excluding hydrogens is 1520 g/mol. The Morgan fingerprint density at radius 3 is 0.939 bits per heavy atom. The van der Waals surface area contributed by atoms with Gasteiger partial charge in [0.25, 0.3) is 0 Å². The van der Waals surface area contributed by atoms with Gasteiger partial charge in [0.15, 0.2) is 18.9 Å². The largest absolute Gasteiger partial charge is 0.481 e. The van der Waals surface area contributed by atoms with Gasteiger partial charge in [-0.25, -0.2) is 0 Å². The predicted octanol–water partition coefficient (Wildman–Crippen LogP) is -4.61. The number of hydrogen-bond donors (Lipinski definition) is 20. The van der Waals surface area contributed by atoms with E-state index in [4.69, 9.17) is 47.7 Å². The van der Waals surface area contributed by atoms with E-state index in [2.05, 4.69) is 53.2 Å². The van der Waals surface area contributed by atoms with Gasteiger partial charge in [-0.05, 0) is 83.7 Å². The van der Waals surface area contributed by atoms with Crippen molar-refractivity contribution < 1.29 is 146 Å². The molecule has 3 rings (SSSR count). The maximum Gasteiger partial charge on any atom is 0.303 e. The highest BCUT2D eigenvalue weighted by Crippen LogP contribution is 2.26. The maximum absolute atomic E-state index is 13.9. The lowest BCUT2D eigenvalue weighted by molar-refractivity contribution is -0.270. The quantitative estimate of drug-likeness (QED) is 0.0255. The number of hydrogen-bond acceptors (Lipinski definition) is 31. The molecule has 15 atom stereocenters. The Bertz CT molecular complexity index is 2700.